The number of hydrogen-bond acceptors (Lipinski definition) is 3. The normalized spacial score (nSPS) is 10.2. The summed E-state index contributed by atoms with van der Waals surface area (Å²) < 4.78 is 13.1. The van der Waals surface area contributed by atoms with Gasteiger partial charge in [-0.3, -0.25) is 4.79 Å². The number of anilines is 3. The van der Waals surface area contributed by atoms with Gasteiger partial charge in [0.25, 0.3) is 5.91 Å². The minimum Gasteiger partial charge on any atom is -0.399 e. The fourth-order valence-corrected chi connectivity index (χ4v) is 1.91. The summed E-state index contributed by atoms with van der Waals surface area (Å²) in [5.74, 6) is -0.753. The van der Waals surface area contributed by atoms with Gasteiger partial charge in [0.1, 0.15) is 5.82 Å². The van der Waals surface area contributed by atoms with E-state index in [0.717, 1.165) is 0 Å². The van der Waals surface area contributed by atoms with Crippen molar-refractivity contribution in [2.45, 2.75) is 0 Å². The fourth-order valence-electron chi connectivity index (χ4n) is 1.73. The zero-order valence-electron chi connectivity index (χ0n) is 10.7. The standard InChI is InChI=1S/C14H13ClFN3O/c1-18-14(20)10-4-2-8(17)6-13(10)19-9-3-5-12(16)11(15)7-9/h2-7,19H,17H2,1H3,(H,18,20). The average Bonchev–Trinajstić information content (AvgIpc) is 2.42. The lowest BCUT2D eigenvalue weighted by Crippen LogP contribution is -2.19. The Morgan fingerprint density at radius 2 is 2.00 bits per heavy atom. The number of amides is 1. The molecule has 0 spiro atoms. The number of carbonyl (C=O) groups is 1. The van der Waals surface area contributed by atoms with Gasteiger partial charge in [-0.2, -0.15) is 0 Å². The summed E-state index contributed by atoms with van der Waals surface area (Å²) in [6, 6.07) is 9.08. The van der Waals surface area contributed by atoms with E-state index in [1.54, 1.807) is 18.2 Å². The maximum absolute atomic E-state index is 13.1. The Morgan fingerprint density at radius 3 is 2.65 bits per heavy atom. The Balaban J connectivity index is 2.38. The second-order valence-electron chi connectivity index (χ2n) is 4.14. The lowest BCUT2D eigenvalue weighted by atomic mass is 10.1. The van der Waals surface area contributed by atoms with Crippen LogP contribution in [0, 0.1) is 5.82 Å². The molecule has 0 radical (unpaired) electrons. The highest BCUT2D eigenvalue weighted by Crippen LogP contribution is 2.26. The Morgan fingerprint density at radius 1 is 1.25 bits per heavy atom. The second-order valence-corrected chi connectivity index (χ2v) is 4.55. The van der Waals surface area contributed by atoms with E-state index in [1.807, 2.05) is 0 Å². The van der Waals surface area contributed by atoms with Crippen LogP contribution in [0.1, 0.15) is 10.4 Å². The van der Waals surface area contributed by atoms with Crippen molar-refractivity contribution in [2.75, 3.05) is 18.1 Å². The number of carbonyl (C=O) groups excluding carboxylic acids is 1. The summed E-state index contributed by atoms with van der Waals surface area (Å²) in [7, 11) is 1.54. The van der Waals surface area contributed by atoms with Crippen LogP contribution in [0.2, 0.25) is 5.02 Å². The highest BCUT2D eigenvalue weighted by atomic mass is 35.5. The third kappa shape index (κ3) is 3.00. The van der Waals surface area contributed by atoms with E-state index in [9.17, 15) is 9.18 Å². The molecule has 0 saturated carbocycles. The summed E-state index contributed by atoms with van der Waals surface area (Å²) in [6.07, 6.45) is 0. The molecule has 2 rings (SSSR count). The summed E-state index contributed by atoms with van der Waals surface area (Å²) in [5, 5.41) is 5.55. The third-order valence-electron chi connectivity index (χ3n) is 2.71. The SMILES string of the molecule is CNC(=O)c1ccc(N)cc1Nc1ccc(F)c(Cl)c1. The van der Waals surface area contributed by atoms with Gasteiger partial charge in [-0.15, -0.1) is 0 Å². The molecule has 0 aliphatic rings. The van der Waals surface area contributed by atoms with Gasteiger partial charge in [0.15, 0.2) is 0 Å². The van der Waals surface area contributed by atoms with Gasteiger partial charge in [-0.1, -0.05) is 11.6 Å². The van der Waals surface area contributed by atoms with Crippen LogP contribution in [0.5, 0.6) is 0 Å². The third-order valence-corrected chi connectivity index (χ3v) is 3.00. The quantitative estimate of drug-likeness (QED) is 0.762. The van der Waals surface area contributed by atoms with E-state index >= 15 is 0 Å². The number of nitrogens with one attached hydrogen (secondary N) is 2. The van der Waals surface area contributed by atoms with Crippen LogP contribution >= 0.6 is 11.6 Å². The maximum atomic E-state index is 13.1. The number of halogens is 2. The summed E-state index contributed by atoms with van der Waals surface area (Å²) in [5.41, 5.74) is 7.74. The highest BCUT2D eigenvalue weighted by Gasteiger charge is 2.11. The van der Waals surface area contributed by atoms with E-state index in [-0.39, 0.29) is 10.9 Å². The largest absolute Gasteiger partial charge is 0.399 e. The van der Waals surface area contributed by atoms with Crippen LogP contribution in [0.25, 0.3) is 0 Å². The van der Waals surface area contributed by atoms with Gasteiger partial charge in [0.05, 0.1) is 16.3 Å². The second kappa shape index (κ2) is 5.79. The Hall–Kier alpha value is -2.27. The predicted molar refractivity (Wildman–Crippen MR) is 78.9 cm³/mol. The maximum Gasteiger partial charge on any atom is 0.253 e. The van der Waals surface area contributed by atoms with Gasteiger partial charge in [0, 0.05) is 18.4 Å². The average molecular weight is 294 g/mol. The fraction of sp³-hybridized carbons (Fsp3) is 0.0714. The van der Waals surface area contributed by atoms with Crippen molar-refractivity contribution in [3.63, 3.8) is 0 Å². The van der Waals surface area contributed by atoms with Gasteiger partial charge in [-0.05, 0) is 36.4 Å². The molecule has 1 amide bonds. The zero-order valence-corrected chi connectivity index (χ0v) is 11.5. The van der Waals surface area contributed by atoms with E-state index in [4.69, 9.17) is 17.3 Å². The summed E-state index contributed by atoms with van der Waals surface area (Å²) >= 11 is 5.72. The molecule has 0 aromatic heterocycles. The van der Waals surface area contributed by atoms with Crippen LogP contribution in [-0.4, -0.2) is 13.0 Å². The summed E-state index contributed by atoms with van der Waals surface area (Å²) in [6.45, 7) is 0. The smallest absolute Gasteiger partial charge is 0.253 e. The minimum atomic E-state index is -0.503. The summed E-state index contributed by atoms with van der Waals surface area (Å²) in [4.78, 5) is 11.8. The number of hydrogen-bond donors (Lipinski definition) is 3. The molecule has 0 bridgehead atoms. The van der Waals surface area contributed by atoms with E-state index in [1.165, 1.54) is 25.2 Å². The first-order valence-electron chi connectivity index (χ1n) is 5.85. The first kappa shape index (κ1) is 14.1. The first-order chi connectivity index (χ1) is 9.51. The molecule has 2 aromatic rings. The van der Waals surface area contributed by atoms with Crippen LogP contribution in [0.3, 0.4) is 0 Å². The Kier molecular flexibility index (Phi) is 4.10. The molecular formula is C14H13ClFN3O. The number of nitrogens with two attached hydrogens (primary N) is 1. The molecule has 20 heavy (non-hydrogen) atoms. The van der Waals surface area contributed by atoms with Crippen molar-refractivity contribution >= 4 is 34.6 Å². The molecule has 0 heterocycles. The molecule has 2 aromatic carbocycles. The lowest BCUT2D eigenvalue weighted by molar-refractivity contribution is 0.0964. The highest BCUT2D eigenvalue weighted by molar-refractivity contribution is 6.31. The van der Waals surface area contributed by atoms with Crippen molar-refractivity contribution in [1.29, 1.82) is 0 Å². The molecule has 0 aliphatic carbocycles. The Labute approximate surface area is 120 Å². The monoisotopic (exact) mass is 293 g/mol. The van der Waals surface area contributed by atoms with Crippen molar-refractivity contribution in [1.82, 2.24) is 5.32 Å². The molecule has 0 fully saturated rings. The molecule has 4 N–H and O–H groups in total. The molecule has 4 nitrogen and oxygen atoms in total. The van der Waals surface area contributed by atoms with Crippen molar-refractivity contribution < 1.29 is 9.18 Å². The van der Waals surface area contributed by atoms with Crippen LogP contribution in [0.4, 0.5) is 21.5 Å². The molecule has 0 aliphatic heterocycles. The zero-order chi connectivity index (χ0) is 14.7. The van der Waals surface area contributed by atoms with Crippen molar-refractivity contribution in [3.05, 3.63) is 52.8 Å². The van der Waals surface area contributed by atoms with Crippen LogP contribution in [0.15, 0.2) is 36.4 Å². The topological polar surface area (TPSA) is 67.2 Å². The van der Waals surface area contributed by atoms with E-state index < -0.39 is 5.82 Å². The van der Waals surface area contributed by atoms with E-state index in [0.29, 0.717) is 22.6 Å². The van der Waals surface area contributed by atoms with E-state index in [2.05, 4.69) is 10.6 Å². The van der Waals surface area contributed by atoms with Gasteiger partial charge >= 0.3 is 0 Å². The molecule has 6 heteroatoms. The van der Waals surface area contributed by atoms with Crippen molar-refractivity contribution in [2.24, 2.45) is 0 Å². The molecular weight excluding hydrogens is 281 g/mol. The van der Waals surface area contributed by atoms with Gasteiger partial charge < -0.3 is 16.4 Å². The Bertz CT molecular complexity index is 661. The molecule has 0 unspecified atom stereocenters. The first-order valence-corrected chi connectivity index (χ1v) is 6.22. The van der Waals surface area contributed by atoms with Crippen LogP contribution < -0.4 is 16.4 Å². The minimum absolute atomic E-state index is 0.000367. The van der Waals surface area contributed by atoms with Crippen molar-refractivity contribution in [3.8, 4) is 0 Å². The number of benzene rings is 2. The van der Waals surface area contributed by atoms with Gasteiger partial charge in [-0.25, -0.2) is 4.39 Å². The van der Waals surface area contributed by atoms with Gasteiger partial charge in [0.2, 0.25) is 0 Å². The number of nitrogen functional groups attached to an aromatic ring is 1. The number of rotatable bonds is 3. The molecule has 104 valence electrons. The molecule has 0 saturated heterocycles. The van der Waals surface area contributed by atoms with Crippen LogP contribution in [-0.2, 0) is 0 Å². The molecule has 0 atom stereocenters. The lowest BCUT2D eigenvalue weighted by Gasteiger charge is -2.12. The predicted octanol–water partition coefficient (Wildman–Crippen LogP) is 3.16.